The summed E-state index contributed by atoms with van der Waals surface area (Å²) in [6.07, 6.45) is 5.95. The molecular formula is C32H50O8. The Hall–Kier alpha value is -2.10. The highest BCUT2D eigenvalue weighted by atomic mass is 16.6. The van der Waals surface area contributed by atoms with Crippen LogP contribution in [0.5, 0.6) is 0 Å². The molecule has 0 radical (unpaired) electrons. The lowest BCUT2D eigenvalue weighted by atomic mass is 9.85. The van der Waals surface area contributed by atoms with Crippen LogP contribution in [0, 0.1) is 11.8 Å². The third kappa shape index (κ3) is 11.1. The fourth-order valence-electron chi connectivity index (χ4n) is 5.21. The van der Waals surface area contributed by atoms with Crippen molar-refractivity contribution in [3.63, 3.8) is 0 Å². The number of fused-ring (bicyclic) bond motifs is 1. The number of aliphatic hydroxyl groups is 4. The summed E-state index contributed by atoms with van der Waals surface area (Å²) >= 11 is 0. The van der Waals surface area contributed by atoms with Gasteiger partial charge >= 0.3 is 5.97 Å². The van der Waals surface area contributed by atoms with Crippen LogP contribution in [0.25, 0.3) is 0 Å². The second-order valence-corrected chi connectivity index (χ2v) is 12.2. The summed E-state index contributed by atoms with van der Waals surface area (Å²) in [6, 6.07) is 0. The minimum absolute atomic E-state index is 0.100. The molecule has 8 heteroatoms. The molecular weight excluding hydrogens is 512 g/mol. The molecule has 9 atom stereocenters. The van der Waals surface area contributed by atoms with Crippen LogP contribution in [0.2, 0.25) is 0 Å². The number of epoxide rings is 1. The Balaban J connectivity index is 2.15. The van der Waals surface area contributed by atoms with Crippen molar-refractivity contribution in [3.8, 4) is 0 Å². The van der Waals surface area contributed by atoms with E-state index < -0.39 is 54.1 Å². The molecule has 0 aromatic carbocycles. The van der Waals surface area contributed by atoms with Gasteiger partial charge in [0, 0.05) is 18.4 Å². The van der Waals surface area contributed by atoms with E-state index in [1.807, 2.05) is 12.2 Å². The number of hydrogen-bond acceptors (Lipinski definition) is 8. The highest BCUT2D eigenvalue weighted by Crippen LogP contribution is 2.33. The Labute approximate surface area is 239 Å². The number of carbonyl (C=O) groups excluding carboxylic acids is 2. The van der Waals surface area contributed by atoms with Gasteiger partial charge in [-0.3, -0.25) is 4.79 Å². The molecule has 8 nitrogen and oxygen atoms in total. The van der Waals surface area contributed by atoms with Gasteiger partial charge in [0.1, 0.15) is 12.2 Å². The van der Waals surface area contributed by atoms with Crippen LogP contribution in [0.4, 0.5) is 0 Å². The summed E-state index contributed by atoms with van der Waals surface area (Å²) < 4.78 is 11.3. The van der Waals surface area contributed by atoms with Crippen LogP contribution < -0.4 is 0 Å². The fraction of sp³-hybridized carbons (Fsp3) is 0.688. The van der Waals surface area contributed by atoms with E-state index in [9.17, 15) is 30.0 Å². The molecule has 0 saturated carbocycles. The monoisotopic (exact) mass is 562 g/mol. The molecule has 2 aliphatic rings. The van der Waals surface area contributed by atoms with E-state index in [0.29, 0.717) is 23.5 Å². The van der Waals surface area contributed by atoms with Crippen LogP contribution >= 0.6 is 0 Å². The first-order valence-corrected chi connectivity index (χ1v) is 14.5. The number of aliphatic hydroxyl groups excluding tert-OH is 3. The standard InChI is InChI=1S/C32H50O8/c1-19-13-20(2)15-28-27(40-28)12-10-8-9-11-21(3)31(37)39-24(6)16-22(4)29(35)30(36)26(34)17-25(33)18-32(7,38)23(5)14-19/h10-12,14,20,22,24-25,27-30,33,35-36,38H,1,8-9,13,15-18H2,2-7H3/b12-10-,21-11-,23-14-/t20-,22-,24+,25+,27+,28+,29+,30+,32+/m1/s1. The minimum Gasteiger partial charge on any atom is -0.459 e. The molecule has 0 unspecified atom stereocenters. The number of allylic oxidation sites excluding steroid dienone is 4. The number of esters is 1. The zero-order valence-electron chi connectivity index (χ0n) is 25.0. The smallest absolute Gasteiger partial charge is 0.333 e. The van der Waals surface area contributed by atoms with Crippen LogP contribution in [-0.2, 0) is 19.1 Å². The molecule has 0 aromatic heterocycles. The molecule has 2 heterocycles. The lowest BCUT2D eigenvalue weighted by Gasteiger charge is -2.29. The summed E-state index contributed by atoms with van der Waals surface area (Å²) in [5, 5.41) is 42.6. The van der Waals surface area contributed by atoms with Gasteiger partial charge in [-0.15, -0.1) is 0 Å². The van der Waals surface area contributed by atoms with Gasteiger partial charge in [-0.05, 0) is 77.2 Å². The van der Waals surface area contributed by atoms with Crippen molar-refractivity contribution in [2.75, 3.05) is 0 Å². The first-order chi connectivity index (χ1) is 18.6. The van der Waals surface area contributed by atoms with E-state index >= 15 is 0 Å². The fourth-order valence-corrected chi connectivity index (χ4v) is 5.21. The van der Waals surface area contributed by atoms with E-state index in [4.69, 9.17) is 9.47 Å². The van der Waals surface area contributed by atoms with Crippen molar-refractivity contribution in [1.29, 1.82) is 0 Å². The Bertz CT molecular complexity index is 977. The van der Waals surface area contributed by atoms with E-state index in [1.165, 1.54) is 0 Å². The van der Waals surface area contributed by atoms with Crippen molar-refractivity contribution >= 4 is 11.8 Å². The molecule has 1 saturated heterocycles. The van der Waals surface area contributed by atoms with Gasteiger partial charge in [-0.2, -0.15) is 0 Å². The topological polar surface area (TPSA) is 137 Å². The van der Waals surface area contributed by atoms with E-state index in [1.54, 1.807) is 34.6 Å². The number of carbonyl (C=O) groups is 2. The molecule has 1 fully saturated rings. The zero-order chi connectivity index (χ0) is 30.2. The number of Topliss-reactive ketones (excluding diaryl/α,β-unsaturated/α-hetero) is 1. The molecule has 40 heavy (non-hydrogen) atoms. The van der Waals surface area contributed by atoms with Crippen molar-refractivity contribution in [2.24, 2.45) is 11.8 Å². The van der Waals surface area contributed by atoms with Gasteiger partial charge < -0.3 is 29.9 Å². The third-order valence-electron chi connectivity index (χ3n) is 7.89. The number of ether oxygens (including phenoxy) is 2. The van der Waals surface area contributed by atoms with Crippen LogP contribution in [0.15, 0.2) is 47.6 Å². The van der Waals surface area contributed by atoms with Crippen molar-refractivity contribution in [1.82, 2.24) is 0 Å². The molecule has 0 aromatic rings. The number of cyclic esters (lactones) is 1. The van der Waals surface area contributed by atoms with Crippen molar-refractivity contribution < 1.29 is 39.5 Å². The SMILES string of the molecule is C=C1/C=C(/C)[C@@](C)(O)C[C@@H](O)CC(=O)[C@H](O)[C@@H](O)[C@H](C)C[C@H](C)OC(=O)/C(C)=C\CC/C=C\[C@@H]2O[C@H]2C[C@H](C)C1. The molecule has 2 rings (SSSR count). The lowest BCUT2D eigenvalue weighted by Crippen LogP contribution is -2.41. The molecule has 226 valence electrons. The van der Waals surface area contributed by atoms with Gasteiger partial charge in [-0.25, -0.2) is 4.79 Å². The van der Waals surface area contributed by atoms with Crippen LogP contribution in [-0.4, -0.2) is 74.4 Å². The largest absolute Gasteiger partial charge is 0.459 e. The summed E-state index contributed by atoms with van der Waals surface area (Å²) in [5.74, 6) is -1.40. The van der Waals surface area contributed by atoms with Gasteiger partial charge in [0.05, 0.1) is 30.0 Å². The maximum absolute atomic E-state index is 12.6. The summed E-state index contributed by atoms with van der Waals surface area (Å²) in [5.41, 5.74) is 0.569. The van der Waals surface area contributed by atoms with Gasteiger partial charge in [0.15, 0.2) is 5.78 Å². The van der Waals surface area contributed by atoms with E-state index in [0.717, 1.165) is 24.8 Å². The van der Waals surface area contributed by atoms with Gasteiger partial charge in [0.2, 0.25) is 0 Å². The quantitative estimate of drug-likeness (QED) is 0.197. The van der Waals surface area contributed by atoms with Crippen molar-refractivity contribution in [3.05, 3.63) is 47.6 Å². The molecule has 0 amide bonds. The summed E-state index contributed by atoms with van der Waals surface area (Å²) in [4.78, 5) is 25.1. The Kier molecular flexibility index (Phi) is 13.0. The number of hydrogen-bond donors (Lipinski definition) is 4. The molecule has 4 N–H and O–H groups in total. The average molecular weight is 563 g/mol. The lowest BCUT2D eigenvalue weighted by molar-refractivity contribution is -0.146. The molecule has 0 aliphatic carbocycles. The Morgan fingerprint density at radius 2 is 1.70 bits per heavy atom. The third-order valence-corrected chi connectivity index (χ3v) is 7.89. The molecule has 0 bridgehead atoms. The zero-order valence-corrected chi connectivity index (χ0v) is 25.0. The number of rotatable bonds is 0. The van der Waals surface area contributed by atoms with Gasteiger partial charge in [0.25, 0.3) is 0 Å². The highest BCUT2D eigenvalue weighted by Gasteiger charge is 2.37. The van der Waals surface area contributed by atoms with E-state index in [2.05, 4.69) is 25.7 Å². The first kappa shape index (κ1) is 34.1. The Morgan fingerprint density at radius 1 is 1.02 bits per heavy atom. The molecule has 2 aliphatic heterocycles. The second kappa shape index (κ2) is 15.2. The van der Waals surface area contributed by atoms with Crippen molar-refractivity contribution in [2.45, 2.75) is 129 Å². The first-order valence-electron chi connectivity index (χ1n) is 14.5. The van der Waals surface area contributed by atoms with E-state index in [-0.39, 0.29) is 25.0 Å². The minimum atomic E-state index is -1.71. The second-order valence-electron chi connectivity index (χ2n) is 12.2. The van der Waals surface area contributed by atoms with Crippen LogP contribution in [0.1, 0.15) is 86.5 Å². The Morgan fingerprint density at radius 3 is 2.38 bits per heavy atom. The maximum atomic E-state index is 12.6. The summed E-state index contributed by atoms with van der Waals surface area (Å²) in [7, 11) is 0. The maximum Gasteiger partial charge on any atom is 0.333 e. The average Bonchev–Trinajstić information content (AvgIpc) is 3.58. The summed E-state index contributed by atoms with van der Waals surface area (Å²) in [6.45, 7) is 14.7. The normalized spacial score (nSPS) is 42.0. The van der Waals surface area contributed by atoms with Gasteiger partial charge in [-0.1, -0.05) is 50.3 Å². The predicted molar refractivity (Wildman–Crippen MR) is 154 cm³/mol. The molecule has 0 spiro atoms. The predicted octanol–water partition coefficient (Wildman–Crippen LogP) is 4.11. The van der Waals surface area contributed by atoms with Crippen LogP contribution in [0.3, 0.4) is 0 Å². The highest BCUT2D eigenvalue weighted by molar-refractivity contribution is 5.87. The number of ketones is 1.